The summed E-state index contributed by atoms with van der Waals surface area (Å²) < 4.78 is 12.9. The van der Waals surface area contributed by atoms with Crippen LogP contribution in [0.15, 0.2) is 24.3 Å². The summed E-state index contributed by atoms with van der Waals surface area (Å²) in [6.45, 7) is 3.41. The van der Waals surface area contributed by atoms with E-state index in [2.05, 4.69) is 10.2 Å². The van der Waals surface area contributed by atoms with E-state index in [4.69, 9.17) is 0 Å². The molecule has 2 aliphatic heterocycles. The molecule has 0 aromatic heterocycles. The molecule has 2 amide bonds. The molecule has 2 saturated heterocycles. The van der Waals surface area contributed by atoms with Gasteiger partial charge < -0.3 is 15.1 Å². The number of carbonyl (C=O) groups is 1. The number of rotatable bonds is 2. The molecule has 0 radical (unpaired) electrons. The Morgan fingerprint density at radius 2 is 1.79 bits per heavy atom. The van der Waals surface area contributed by atoms with E-state index in [0.29, 0.717) is 6.04 Å². The van der Waals surface area contributed by atoms with Crippen molar-refractivity contribution in [2.75, 3.05) is 31.1 Å². The molecule has 1 N–H and O–H groups in total. The van der Waals surface area contributed by atoms with Crippen molar-refractivity contribution in [3.05, 3.63) is 30.1 Å². The predicted octanol–water partition coefficient (Wildman–Crippen LogP) is 1.82. The minimum atomic E-state index is -0.202. The van der Waals surface area contributed by atoms with E-state index in [-0.39, 0.29) is 11.8 Å². The highest BCUT2D eigenvalue weighted by Crippen LogP contribution is 2.23. The Morgan fingerprint density at radius 3 is 2.37 bits per heavy atom. The van der Waals surface area contributed by atoms with E-state index in [1.165, 1.54) is 12.1 Å². The van der Waals surface area contributed by atoms with Crippen molar-refractivity contribution in [1.82, 2.24) is 10.2 Å². The van der Waals surface area contributed by atoms with Crippen molar-refractivity contribution >= 4 is 11.7 Å². The number of amides is 2. The summed E-state index contributed by atoms with van der Waals surface area (Å²) in [5.41, 5.74) is 1.06. The lowest BCUT2D eigenvalue weighted by atomic mass is 10.0. The molecule has 102 valence electrons. The van der Waals surface area contributed by atoms with E-state index >= 15 is 0 Å². The fraction of sp³-hybridized carbons (Fsp3) is 0.500. The Balaban J connectivity index is 1.60. The zero-order chi connectivity index (χ0) is 13.2. The third kappa shape index (κ3) is 2.50. The van der Waals surface area contributed by atoms with Gasteiger partial charge in [-0.25, -0.2) is 9.18 Å². The lowest BCUT2D eigenvalue weighted by Gasteiger charge is -2.37. The number of carbonyl (C=O) groups excluding carboxylic acids is 1. The van der Waals surface area contributed by atoms with Crippen molar-refractivity contribution in [2.24, 2.45) is 0 Å². The summed E-state index contributed by atoms with van der Waals surface area (Å²) >= 11 is 0. The van der Waals surface area contributed by atoms with E-state index in [1.807, 2.05) is 17.0 Å². The molecule has 3 rings (SSSR count). The molecule has 0 bridgehead atoms. The molecular formula is C14H18FN3O. The second-order valence-corrected chi connectivity index (χ2v) is 5.12. The molecule has 5 heteroatoms. The van der Waals surface area contributed by atoms with E-state index < -0.39 is 0 Å². The average molecular weight is 263 g/mol. The van der Waals surface area contributed by atoms with Gasteiger partial charge >= 0.3 is 6.03 Å². The molecule has 2 heterocycles. The average Bonchev–Trinajstić information content (AvgIpc) is 2.86. The number of nitrogens with zero attached hydrogens (tertiary/aromatic N) is 2. The summed E-state index contributed by atoms with van der Waals surface area (Å²) in [7, 11) is 0. The maximum atomic E-state index is 12.9. The second kappa shape index (κ2) is 5.07. The number of anilines is 1. The van der Waals surface area contributed by atoms with Gasteiger partial charge in [0.2, 0.25) is 0 Å². The predicted molar refractivity (Wildman–Crippen MR) is 71.7 cm³/mol. The minimum Gasteiger partial charge on any atom is -0.371 e. The Kier molecular flexibility index (Phi) is 3.27. The van der Waals surface area contributed by atoms with Crippen LogP contribution >= 0.6 is 0 Å². The van der Waals surface area contributed by atoms with E-state index in [9.17, 15) is 9.18 Å². The van der Waals surface area contributed by atoms with Crippen molar-refractivity contribution in [3.8, 4) is 0 Å². The first-order valence-corrected chi connectivity index (χ1v) is 6.79. The first kappa shape index (κ1) is 12.3. The number of benzene rings is 1. The third-order valence-electron chi connectivity index (χ3n) is 3.99. The maximum Gasteiger partial charge on any atom is 0.317 e. The monoisotopic (exact) mass is 263 g/mol. The fourth-order valence-electron chi connectivity index (χ4n) is 2.92. The molecule has 1 aromatic rings. The van der Waals surface area contributed by atoms with E-state index in [1.54, 1.807) is 0 Å². The van der Waals surface area contributed by atoms with Gasteiger partial charge in [-0.05, 0) is 37.1 Å². The normalized spacial score (nSPS) is 20.8. The molecule has 0 aliphatic carbocycles. The van der Waals surface area contributed by atoms with Gasteiger partial charge in [0.25, 0.3) is 0 Å². The van der Waals surface area contributed by atoms with Gasteiger partial charge in [-0.3, -0.25) is 0 Å². The molecule has 0 atom stereocenters. The van der Waals surface area contributed by atoms with Gasteiger partial charge in [-0.1, -0.05) is 0 Å². The number of nitrogens with one attached hydrogen (secondary N) is 1. The fourth-order valence-corrected chi connectivity index (χ4v) is 2.92. The molecule has 19 heavy (non-hydrogen) atoms. The number of urea groups is 1. The van der Waals surface area contributed by atoms with Gasteiger partial charge in [-0.15, -0.1) is 0 Å². The van der Waals surface area contributed by atoms with Crippen LogP contribution in [0.1, 0.15) is 12.8 Å². The summed E-state index contributed by atoms with van der Waals surface area (Å²) in [4.78, 5) is 15.8. The van der Waals surface area contributed by atoms with Crippen LogP contribution in [0.25, 0.3) is 0 Å². The zero-order valence-electron chi connectivity index (χ0n) is 10.8. The first-order valence-electron chi connectivity index (χ1n) is 6.79. The molecule has 4 nitrogen and oxygen atoms in total. The van der Waals surface area contributed by atoms with Crippen molar-refractivity contribution in [1.29, 1.82) is 0 Å². The van der Waals surface area contributed by atoms with Crippen LogP contribution in [0, 0.1) is 5.82 Å². The Bertz CT molecular complexity index is 454. The zero-order valence-corrected chi connectivity index (χ0v) is 10.8. The maximum absolute atomic E-state index is 12.9. The van der Waals surface area contributed by atoms with Crippen LogP contribution in [0.3, 0.4) is 0 Å². The molecular weight excluding hydrogens is 245 g/mol. The molecule has 2 aliphatic rings. The topological polar surface area (TPSA) is 35.6 Å². The summed E-state index contributed by atoms with van der Waals surface area (Å²) in [6.07, 6.45) is 1.95. The first-order chi connectivity index (χ1) is 9.24. The van der Waals surface area contributed by atoms with Crippen LogP contribution < -0.4 is 10.2 Å². The Hall–Kier alpha value is -1.78. The number of hydrogen-bond acceptors (Lipinski definition) is 2. The lowest BCUT2D eigenvalue weighted by molar-refractivity contribution is 0.186. The van der Waals surface area contributed by atoms with Gasteiger partial charge in [0, 0.05) is 37.9 Å². The highest BCUT2D eigenvalue weighted by atomic mass is 19.1. The quantitative estimate of drug-likeness (QED) is 0.883. The minimum absolute atomic E-state index is 0.0697. The van der Waals surface area contributed by atoms with Crippen LogP contribution in [-0.4, -0.2) is 43.2 Å². The number of piperidine rings is 1. The highest BCUT2D eigenvalue weighted by Gasteiger charge is 2.30. The number of halogens is 1. The van der Waals surface area contributed by atoms with Crippen LogP contribution in [0.5, 0.6) is 0 Å². The van der Waals surface area contributed by atoms with Gasteiger partial charge in [0.05, 0.1) is 0 Å². The molecule has 2 fully saturated rings. The summed E-state index contributed by atoms with van der Waals surface area (Å²) in [5.74, 6) is -0.202. The van der Waals surface area contributed by atoms with Gasteiger partial charge in [0.1, 0.15) is 5.82 Å². The van der Waals surface area contributed by atoms with Gasteiger partial charge in [-0.2, -0.15) is 0 Å². The molecule has 0 saturated carbocycles. The van der Waals surface area contributed by atoms with Crippen LogP contribution in [0.2, 0.25) is 0 Å². The van der Waals surface area contributed by atoms with Crippen molar-refractivity contribution in [3.63, 3.8) is 0 Å². The smallest absolute Gasteiger partial charge is 0.317 e. The van der Waals surface area contributed by atoms with Crippen LogP contribution in [-0.2, 0) is 0 Å². The highest BCUT2D eigenvalue weighted by molar-refractivity contribution is 5.76. The second-order valence-electron chi connectivity index (χ2n) is 5.12. The largest absolute Gasteiger partial charge is 0.371 e. The van der Waals surface area contributed by atoms with Crippen molar-refractivity contribution in [2.45, 2.75) is 18.9 Å². The summed E-state index contributed by atoms with van der Waals surface area (Å²) in [6, 6.07) is 7.04. The van der Waals surface area contributed by atoms with Gasteiger partial charge in [0.15, 0.2) is 0 Å². The Labute approximate surface area is 112 Å². The molecule has 0 spiro atoms. The number of hydrogen-bond donors (Lipinski definition) is 1. The third-order valence-corrected chi connectivity index (χ3v) is 3.99. The van der Waals surface area contributed by atoms with E-state index in [0.717, 1.165) is 44.7 Å². The summed E-state index contributed by atoms with van der Waals surface area (Å²) in [5, 5.41) is 2.85. The molecule has 0 unspecified atom stereocenters. The molecule has 1 aromatic carbocycles. The SMILES string of the molecule is O=C1NCCN1C1CCN(c2ccc(F)cc2)CC1. The van der Waals surface area contributed by atoms with Crippen LogP contribution in [0.4, 0.5) is 14.9 Å². The Morgan fingerprint density at radius 1 is 1.11 bits per heavy atom. The van der Waals surface area contributed by atoms with Crippen molar-refractivity contribution < 1.29 is 9.18 Å². The lowest BCUT2D eigenvalue weighted by Crippen LogP contribution is -2.46. The standard InChI is InChI=1S/C14H18FN3O/c15-11-1-3-12(4-2-11)17-8-5-13(6-9-17)18-10-7-16-14(18)19/h1-4,13H,5-10H2,(H,16,19).